The van der Waals surface area contributed by atoms with Gasteiger partial charge in [-0.1, -0.05) is 0 Å². The largest absolute Gasteiger partial charge is 0.478 e. The number of urea groups is 1. The first-order valence-corrected chi connectivity index (χ1v) is 5.91. The second-order valence-corrected chi connectivity index (χ2v) is 4.16. The van der Waals surface area contributed by atoms with Gasteiger partial charge in [-0.05, 0) is 19.1 Å². The van der Waals surface area contributed by atoms with E-state index >= 15 is 0 Å². The minimum atomic E-state index is -1.05. The van der Waals surface area contributed by atoms with Crippen LogP contribution in [0.15, 0.2) is 33.5 Å². The molecule has 0 aliphatic carbocycles. The van der Waals surface area contributed by atoms with Crippen LogP contribution in [0.5, 0.6) is 0 Å². The maximum Gasteiger partial charge on any atom is 0.339 e. The second-order valence-electron chi connectivity index (χ2n) is 4.16. The molecule has 2 aromatic heterocycles. The van der Waals surface area contributed by atoms with Crippen LogP contribution in [-0.2, 0) is 13.1 Å². The Hall–Kier alpha value is -2.70. The van der Waals surface area contributed by atoms with Gasteiger partial charge < -0.3 is 24.6 Å². The highest BCUT2D eigenvalue weighted by Crippen LogP contribution is 2.14. The maximum absolute atomic E-state index is 11.5. The topological polar surface area (TPSA) is 105 Å². The Balaban J connectivity index is 1.81. The lowest BCUT2D eigenvalue weighted by Crippen LogP contribution is -2.34. The number of aryl methyl sites for hydroxylation is 1. The summed E-state index contributed by atoms with van der Waals surface area (Å²) in [4.78, 5) is 22.4. The predicted octanol–water partition coefficient (Wildman–Crippen LogP) is 1.88. The molecule has 0 saturated heterocycles. The molecule has 0 bridgehead atoms. The van der Waals surface area contributed by atoms with Crippen molar-refractivity contribution in [3.05, 3.63) is 47.3 Å². The summed E-state index contributed by atoms with van der Waals surface area (Å²) >= 11 is 0. The summed E-state index contributed by atoms with van der Waals surface area (Å²) in [7, 11) is 0. The Bertz CT molecular complexity index is 600. The summed E-state index contributed by atoms with van der Waals surface area (Å²) in [5.41, 5.74) is 0.947. The van der Waals surface area contributed by atoms with Gasteiger partial charge >= 0.3 is 12.0 Å². The highest BCUT2D eigenvalue weighted by Gasteiger charge is 2.13. The van der Waals surface area contributed by atoms with E-state index in [2.05, 4.69) is 10.6 Å². The number of carboxylic acid groups (broad SMARTS) is 1. The highest BCUT2D eigenvalue weighted by molar-refractivity contribution is 5.88. The van der Waals surface area contributed by atoms with Gasteiger partial charge in [0.2, 0.25) is 0 Å². The molecule has 0 radical (unpaired) electrons. The zero-order chi connectivity index (χ0) is 14.5. The minimum absolute atomic E-state index is 0.0978. The third kappa shape index (κ3) is 3.41. The molecule has 20 heavy (non-hydrogen) atoms. The van der Waals surface area contributed by atoms with Crippen molar-refractivity contribution in [2.45, 2.75) is 20.0 Å². The molecule has 2 aromatic rings. The normalized spacial score (nSPS) is 10.2. The lowest BCUT2D eigenvalue weighted by atomic mass is 10.2. The molecule has 0 aliphatic heterocycles. The van der Waals surface area contributed by atoms with Crippen LogP contribution in [0.4, 0.5) is 4.79 Å². The number of hydrogen-bond donors (Lipinski definition) is 3. The molecule has 0 spiro atoms. The maximum atomic E-state index is 11.5. The third-order valence-corrected chi connectivity index (χ3v) is 2.66. The van der Waals surface area contributed by atoms with Crippen molar-refractivity contribution in [1.29, 1.82) is 0 Å². The Kier molecular flexibility index (Phi) is 4.09. The molecule has 0 aliphatic rings. The molecule has 2 rings (SSSR count). The molecule has 0 fully saturated rings. The van der Waals surface area contributed by atoms with Crippen molar-refractivity contribution in [1.82, 2.24) is 10.6 Å². The van der Waals surface area contributed by atoms with E-state index in [1.54, 1.807) is 13.0 Å². The minimum Gasteiger partial charge on any atom is -0.478 e. The number of carbonyl (C=O) groups excluding carboxylic acids is 1. The van der Waals surface area contributed by atoms with Gasteiger partial charge in [0.1, 0.15) is 17.1 Å². The zero-order valence-corrected chi connectivity index (χ0v) is 10.8. The quantitative estimate of drug-likeness (QED) is 0.774. The van der Waals surface area contributed by atoms with Crippen LogP contribution in [0, 0.1) is 6.92 Å². The van der Waals surface area contributed by atoms with Crippen LogP contribution in [0.3, 0.4) is 0 Å². The SMILES string of the molecule is Cc1oc(CNC(=O)NCc2ccoc2)cc1C(=O)O. The smallest absolute Gasteiger partial charge is 0.339 e. The van der Waals surface area contributed by atoms with E-state index < -0.39 is 5.97 Å². The molecule has 0 aromatic carbocycles. The van der Waals surface area contributed by atoms with Crippen LogP contribution in [0.1, 0.15) is 27.4 Å². The zero-order valence-electron chi connectivity index (χ0n) is 10.8. The predicted molar refractivity (Wildman–Crippen MR) is 68.2 cm³/mol. The van der Waals surface area contributed by atoms with E-state index in [0.29, 0.717) is 18.1 Å². The summed E-state index contributed by atoms with van der Waals surface area (Å²) in [5, 5.41) is 14.1. The fourth-order valence-corrected chi connectivity index (χ4v) is 1.65. The van der Waals surface area contributed by atoms with Crippen molar-refractivity contribution in [2.75, 3.05) is 0 Å². The standard InChI is InChI=1S/C13H14N2O5/c1-8-11(12(16)17)4-10(20-8)6-15-13(18)14-5-9-2-3-19-7-9/h2-4,7H,5-6H2,1H3,(H,16,17)(H2,14,15,18). The average molecular weight is 278 g/mol. The Morgan fingerprint density at radius 3 is 2.65 bits per heavy atom. The van der Waals surface area contributed by atoms with Gasteiger partial charge in [-0.15, -0.1) is 0 Å². The highest BCUT2D eigenvalue weighted by atomic mass is 16.4. The van der Waals surface area contributed by atoms with Crippen LogP contribution in [0.2, 0.25) is 0 Å². The summed E-state index contributed by atoms with van der Waals surface area (Å²) in [6, 6.07) is 2.76. The first-order chi connectivity index (χ1) is 9.56. The van der Waals surface area contributed by atoms with Gasteiger partial charge in [-0.2, -0.15) is 0 Å². The van der Waals surface area contributed by atoms with Crippen molar-refractivity contribution in [2.24, 2.45) is 0 Å². The Labute approximate surface area is 114 Å². The summed E-state index contributed by atoms with van der Waals surface area (Å²) in [6.45, 7) is 2.02. The third-order valence-electron chi connectivity index (χ3n) is 2.66. The van der Waals surface area contributed by atoms with Crippen LogP contribution < -0.4 is 10.6 Å². The van der Waals surface area contributed by atoms with Crippen LogP contribution in [0.25, 0.3) is 0 Å². The van der Waals surface area contributed by atoms with Crippen molar-refractivity contribution < 1.29 is 23.5 Å². The molecule has 0 unspecified atom stereocenters. The summed E-state index contributed by atoms with van der Waals surface area (Å²) in [5.74, 6) is -0.353. The van der Waals surface area contributed by atoms with Crippen LogP contribution >= 0.6 is 0 Å². The number of hydrogen-bond acceptors (Lipinski definition) is 4. The summed E-state index contributed by atoms with van der Waals surface area (Å²) < 4.78 is 10.1. The number of furan rings is 2. The number of nitrogens with one attached hydrogen (secondary N) is 2. The Morgan fingerprint density at radius 1 is 1.30 bits per heavy atom. The number of aromatic carboxylic acids is 1. The first kappa shape index (κ1) is 13.7. The van der Waals surface area contributed by atoms with Crippen molar-refractivity contribution in [3.8, 4) is 0 Å². The monoisotopic (exact) mass is 278 g/mol. The molecule has 3 N–H and O–H groups in total. The van der Waals surface area contributed by atoms with E-state index in [1.165, 1.54) is 18.6 Å². The lowest BCUT2D eigenvalue weighted by Gasteiger charge is -2.04. The van der Waals surface area contributed by atoms with Crippen molar-refractivity contribution >= 4 is 12.0 Å². The lowest BCUT2D eigenvalue weighted by molar-refractivity contribution is 0.0695. The summed E-state index contributed by atoms with van der Waals surface area (Å²) in [6.07, 6.45) is 3.06. The molecule has 0 atom stereocenters. The molecular weight excluding hydrogens is 264 g/mol. The van der Waals surface area contributed by atoms with Gasteiger partial charge in [0.25, 0.3) is 0 Å². The van der Waals surface area contributed by atoms with Gasteiger partial charge in [-0.25, -0.2) is 9.59 Å². The van der Waals surface area contributed by atoms with Crippen LogP contribution in [-0.4, -0.2) is 17.1 Å². The van der Waals surface area contributed by atoms with E-state index in [9.17, 15) is 9.59 Å². The molecule has 0 saturated carbocycles. The fraction of sp³-hybridized carbons (Fsp3) is 0.231. The number of carboxylic acids is 1. The van der Waals surface area contributed by atoms with Gasteiger partial charge in [-0.3, -0.25) is 0 Å². The Morgan fingerprint density at radius 2 is 2.05 bits per heavy atom. The van der Waals surface area contributed by atoms with E-state index in [0.717, 1.165) is 5.56 Å². The molecular formula is C13H14N2O5. The number of amides is 2. The first-order valence-electron chi connectivity index (χ1n) is 5.91. The van der Waals surface area contributed by atoms with Gasteiger partial charge in [0.05, 0.1) is 19.1 Å². The number of rotatable bonds is 5. The van der Waals surface area contributed by atoms with Gasteiger partial charge in [0.15, 0.2) is 0 Å². The fourth-order valence-electron chi connectivity index (χ4n) is 1.65. The molecule has 7 heteroatoms. The van der Waals surface area contributed by atoms with E-state index in [-0.39, 0.29) is 18.1 Å². The van der Waals surface area contributed by atoms with E-state index in [4.69, 9.17) is 13.9 Å². The molecule has 2 amide bonds. The van der Waals surface area contributed by atoms with E-state index in [1.807, 2.05) is 0 Å². The molecule has 106 valence electrons. The van der Waals surface area contributed by atoms with Gasteiger partial charge in [0, 0.05) is 12.1 Å². The number of carbonyl (C=O) groups is 2. The molecule has 2 heterocycles. The molecule has 7 nitrogen and oxygen atoms in total. The van der Waals surface area contributed by atoms with Crippen molar-refractivity contribution in [3.63, 3.8) is 0 Å². The average Bonchev–Trinajstić information content (AvgIpc) is 3.03. The second kappa shape index (κ2) is 5.96.